The van der Waals surface area contributed by atoms with Crippen LogP contribution < -0.4 is 0 Å². The maximum atomic E-state index is 12.8. The monoisotopic (exact) mass is 891 g/mol. The summed E-state index contributed by atoms with van der Waals surface area (Å²) in [5.41, 5.74) is 0. The highest BCUT2D eigenvalue weighted by Gasteiger charge is 2.17. The molecule has 5 nitrogen and oxygen atoms in total. The molecule has 0 saturated carbocycles. The van der Waals surface area contributed by atoms with Gasteiger partial charge in [0.05, 0.1) is 6.61 Å². The molecule has 1 atom stereocenters. The van der Waals surface area contributed by atoms with E-state index in [1.807, 2.05) is 0 Å². The van der Waals surface area contributed by atoms with Crippen LogP contribution in [0, 0.1) is 0 Å². The molecule has 0 heterocycles. The Hall–Kier alpha value is -2.92. The Morgan fingerprint density at radius 2 is 0.703 bits per heavy atom. The van der Waals surface area contributed by atoms with Gasteiger partial charge in [-0.1, -0.05) is 234 Å². The van der Waals surface area contributed by atoms with Crippen molar-refractivity contribution in [2.24, 2.45) is 0 Å². The van der Waals surface area contributed by atoms with E-state index in [2.05, 4.69) is 106 Å². The maximum absolute atomic E-state index is 12.8. The van der Waals surface area contributed by atoms with Crippen LogP contribution in [0.15, 0.2) is 85.1 Å². The zero-order valence-electron chi connectivity index (χ0n) is 42.3. The lowest BCUT2D eigenvalue weighted by Gasteiger charge is -2.18. The van der Waals surface area contributed by atoms with Gasteiger partial charge in [-0.25, -0.2) is 0 Å². The van der Waals surface area contributed by atoms with Crippen LogP contribution in [-0.4, -0.2) is 37.9 Å². The van der Waals surface area contributed by atoms with Crippen molar-refractivity contribution >= 4 is 11.9 Å². The molecule has 0 N–H and O–H groups in total. The normalized spacial score (nSPS) is 12.9. The third kappa shape index (κ3) is 51.7. The molecule has 0 aromatic heterocycles. The van der Waals surface area contributed by atoms with E-state index < -0.39 is 6.10 Å². The first-order valence-electron chi connectivity index (χ1n) is 27.1. The van der Waals surface area contributed by atoms with E-state index in [4.69, 9.17) is 14.2 Å². The lowest BCUT2D eigenvalue weighted by Crippen LogP contribution is -2.30. The van der Waals surface area contributed by atoms with Crippen LogP contribution in [0.3, 0.4) is 0 Å². The summed E-state index contributed by atoms with van der Waals surface area (Å²) >= 11 is 0. The Balaban J connectivity index is 4.34. The number of esters is 2. The summed E-state index contributed by atoms with van der Waals surface area (Å²) in [5.74, 6) is -0.439. The molecule has 0 unspecified atom stereocenters. The van der Waals surface area contributed by atoms with Crippen molar-refractivity contribution in [1.82, 2.24) is 0 Å². The minimum atomic E-state index is -0.557. The van der Waals surface area contributed by atoms with Crippen molar-refractivity contribution in [2.45, 2.75) is 258 Å². The van der Waals surface area contributed by atoms with Gasteiger partial charge in [0.15, 0.2) is 6.10 Å². The third-order valence-corrected chi connectivity index (χ3v) is 11.4. The van der Waals surface area contributed by atoms with Gasteiger partial charge in [-0.15, -0.1) is 0 Å². The zero-order chi connectivity index (χ0) is 46.3. The quantitative estimate of drug-likeness (QED) is 0.0346. The molecule has 0 rings (SSSR count). The predicted molar refractivity (Wildman–Crippen MR) is 279 cm³/mol. The van der Waals surface area contributed by atoms with Crippen LogP contribution in [0.25, 0.3) is 0 Å². The Labute approximate surface area is 397 Å². The fraction of sp³-hybridized carbons (Fsp3) is 0.729. The summed E-state index contributed by atoms with van der Waals surface area (Å²) in [6.45, 7) is 7.58. The number of unbranched alkanes of at least 4 members (excludes halogenated alkanes) is 24. The molecule has 5 heteroatoms. The smallest absolute Gasteiger partial charge is 0.306 e. The SMILES string of the molecule is CC/C=C\C/C=C\C/C=C\C/C=C\CCCCCCC(=O)OC[C@@H](COCCCCCCCCCCCCCCCCCC)OC(=O)CCCCCCC/C=C\C/C=C\C/C=C\CC. The third-order valence-electron chi connectivity index (χ3n) is 11.4. The average Bonchev–Trinajstić information content (AvgIpc) is 3.30. The number of carbonyl (C=O) groups excluding carboxylic acids is 2. The van der Waals surface area contributed by atoms with Crippen molar-refractivity contribution in [3.63, 3.8) is 0 Å². The van der Waals surface area contributed by atoms with Crippen molar-refractivity contribution < 1.29 is 23.8 Å². The van der Waals surface area contributed by atoms with Crippen molar-refractivity contribution in [3.8, 4) is 0 Å². The molecule has 0 bridgehead atoms. The lowest BCUT2D eigenvalue weighted by atomic mass is 10.0. The van der Waals surface area contributed by atoms with Gasteiger partial charge < -0.3 is 14.2 Å². The highest BCUT2D eigenvalue weighted by Crippen LogP contribution is 2.15. The molecule has 0 aliphatic rings. The van der Waals surface area contributed by atoms with Crippen molar-refractivity contribution in [3.05, 3.63) is 85.1 Å². The molecule has 0 aliphatic heterocycles. The number of rotatable bonds is 49. The Morgan fingerprint density at radius 3 is 1.12 bits per heavy atom. The molecule has 0 fully saturated rings. The van der Waals surface area contributed by atoms with Gasteiger partial charge in [-0.3, -0.25) is 9.59 Å². The van der Waals surface area contributed by atoms with E-state index in [1.54, 1.807) is 0 Å². The van der Waals surface area contributed by atoms with Gasteiger partial charge in [0.1, 0.15) is 6.61 Å². The summed E-state index contributed by atoms with van der Waals surface area (Å²) < 4.78 is 17.4. The zero-order valence-corrected chi connectivity index (χ0v) is 42.3. The summed E-state index contributed by atoms with van der Waals surface area (Å²) in [5, 5.41) is 0. The van der Waals surface area contributed by atoms with Crippen LogP contribution in [-0.2, 0) is 23.8 Å². The minimum absolute atomic E-state index is 0.0641. The summed E-state index contributed by atoms with van der Waals surface area (Å²) in [6.07, 6.45) is 71.7. The van der Waals surface area contributed by atoms with E-state index in [1.165, 1.54) is 103 Å². The summed E-state index contributed by atoms with van der Waals surface area (Å²) in [6, 6.07) is 0. The van der Waals surface area contributed by atoms with Crippen LogP contribution in [0.4, 0.5) is 0 Å². The number of allylic oxidation sites excluding steroid dienone is 14. The van der Waals surface area contributed by atoms with Crippen molar-refractivity contribution in [1.29, 1.82) is 0 Å². The molecule has 64 heavy (non-hydrogen) atoms. The Bertz CT molecular complexity index is 1190. The molecule has 0 aromatic carbocycles. The van der Waals surface area contributed by atoms with Gasteiger partial charge in [-0.05, 0) is 89.9 Å². The second kappa shape index (κ2) is 54.4. The van der Waals surface area contributed by atoms with Gasteiger partial charge in [0, 0.05) is 19.4 Å². The number of hydrogen-bond donors (Lipinski definition) is 0. The predicted octanol–water partition coefficient (Wildman–Crippen LogP) is 18.5. The number of carbonyl (C=O) groups is 2. The van der Waals surface area contributed by atoms with Crippen LogP contribution in [0.5, 0.6) is 0 Å². The van der Waals surface area contributed by atoms with Gasteiger partial charge in [0.25, 0.3) is 0 Å². The van der Waals surface area contributed by atoms with E-state index in [9.17, 15) is 9.59 Å². The Kier molecular flexibility index (Phi) is 51.9. The van der Waals surface area contributed by atoms with Gasteiger partial charge >= 0.3 is 11.9 Å². The molecular formula is C59H102O5. The second-order valence-corrected chi connectivity index (χ2v) is 17.7. The van der Waals surface area contributed by atoms with Crippen molar-refractivity contribution in [2.75, 3.05) is 19.8 Å². The molecule has 0 radical (unpaired) electrons. The fourth-order valence-electron chi connectivity index (χ4n) is 7.46. The highest BCUT2D eigenvalue weighted by atomic mass is 16.6. The van der Waals surface area contributed by atoms with Crippen LogP contribution in [0.2, 0.25) is 0 Å². The molecule has 0 spiro atoms. The van der Waals surface area contributed by atoms with Gasteiger partial charge in [-0.2, -0.15) is 0 Å². The molecular weight excluding hydrogens is 789 g/mol. The van der Waals surface area contributed by atoms with E-state index in [-0.39, 0.29) is 25.2 Å². The minimum Gasteiger partial charge on any atom is -0.462 e. The lowest BCUT2D eigenvalue weighted by molar-refractivity contribution is -0.163. The Morgan fingerprint density at radius 1 is 0.359 bits per heavy atom. The molecule has 0 saturated heterocycles. The number of hydrogen-bond acceptors (Lipinski definition) is 5. The number of ether oxygens (including phenoxy) is 3. The average molecular weight is 891 g/mol. The second-order valence-electron chi connectivity index (χ2n) is 17.7. The maximum Gasteiger partial charge on any atom is 0.306 e. The standard InChI is InChI=1S/C59H102O5/c1-4-7-10-13-16-19-22-25-28-30-32-34-37-40-43-46-49-52-58(60)63-56-57(55-62-54-51-48-45-42-39-36-33-29-26-23-20-17-14-11-8-5-2)64-59(61)53-50-47-44-41-38-35-31-27-24-21-18-15-12-9-6-3/h7,9-10,12,16,18-19,21,25,27-28,31-32,34,57H,4-6,8,11,13-15,17,20,22-24,26,29-30,33,35-56H2,1-3H3/b10-7-,12-9-,19-16-,21-18-,28-25-,31-27-,34-32-/t57-/m1/s1. The summed E-state index contributed by atoms with van der Waals surface area (Å²) in [7, 11) is 0. The largest absolute Gasteiger partial charge is 0.462 e. The van der Waals surface area contributed by atoms with E-state index in [0.29, 0.717) is 19.4 Å². The van der Waals surface area contributed by atoms with E-state index in [0.717, 1.165) is 116 Å². The van der Waals surface area contributed by atoms with Crippen LogP contribution >= 0.6 is 0 Å². The fourth-order valence-corrected chi connectivity index (χ4v) is 7.46. The molecule has 368 valence electrons. The molecule has 0 amide bonds. The topological polar surface area (TPSA) is 61.8 Å². The first-order valence-corrected chi connectivity index (χ1v) is 27.1. The summed E-state index contributed by atoms with van der Waals surface area (Å²) in [4.78, 5) is 25.4. The van der Waals surface area contributed by atoms with Crippen LogP contribution in [0.1, 0.15) is 252 Å². The van der Waals surface area contributed by atoms with E-state index >= 15 is 0 Å². The molecule has 0 aromatic rings. The highest BCUT2D eigenvalue weighted by molar-refractivity contribution is 5.70. The first-order chi connectivity index (χ1) is 31.6. The van der Waals surface area contributed by atoms with Gasteiger partial charge in [0.2, 0.25) is 0 Å². The first kappa shape index (κ1) is 61.1. The molecule has 0 aliphatic carbocycles.